The minimum Gasteiger partial charge on any atom is -0.508 e. The number of carbonyl (C=O) groups is 1. The van der Waals surface area contributed by atoms with Crippen molar-refractivity contribution in [1.29, 1.82) is 0 Å². The molecule has 1 aliphatic rings. The Morgan fingerprint density at radius 2 is 1.62 bits per heavy atom. The van der Waals surface area contributed by atoms with Gasteiger partial charge >= 0.3 is 6.09 Å². The number of piperidine rings is 1. The van der Waals surface area contributed by atoms with Crippen LogP contribution in [0.1, 0.15) is 32.3 Å². The molecule has 0 bridgehead atoms. The lowest BCUT2D eigenvalue weighted by Crippen LogP contribution is -2.51. The fraction of sp³-hybridized carbons (Fsp3) is 0.611. The van der Waals surface area contributed by atoms with Crippen LogP contribution < -0.4 is 0 Å². The van der Waals surface area contributed by atoms with E-state index in [1.54, 1.807) is 49.9 Å². The van der Waals surface area contributed by atoms with E-state index in [9.17, 15) is 20.1 Å². The van der Waals surface area contributed by atoms with Gasteiger partial charge in [-0.05, 0) is 44.4 Å². The molecule has 1 unspecified atom stereocenters. The normalized spacial score (nSPS) is 24.7. The molecule has 1 heterocycles. The fourth-order valence-corrected chi connectivity index (χ4v) is 3.31. The summed E-state index contributed by atoms with van der Waals surface area (Å²) in [4.78, 5) is 13.9. The number of benzene rings is 1. The lowest BCUT2D eigenvalue weighted by atomic mass is 9.74. The average molecular weight is 337 g/mol. The summed E-state index contributed by atoms with van der Waals surface area (Å²) in [5.74, 6) is -0.314. The van der Waals surface area contributed by atoms with Crippen molar-refractivity contribution in [3.8, 4) is 5.75 Å². The third-order valence-corrected chi connectivity index (χ3v) is 4.32. The number of hydrogen-bond donors (Lipinski definition) is 3. The molecule has 0 spiro atoms. The van der Waals surface area contributed by atoms with Gasteiger partial charge in [-0.2, -0.15) is 0 Å². The summed E-state index contributed by atoms with van der Waals surface area (Å²) >= 11 is 0. The second kappa shape index (κ2) is 7.40. The van der Waals surface area contributed by atoms with E-state index in [4.69, 9.17) is 4.74 Å². The Balaban J connectivity index is 2.21. The smallest absolute Gasteiger partial charge is 0.410 e. The number of phenols is 1. The number of ether oxygens (including phenoxy) is 1. The molecule has 24 heavy (non-hydrogen) atoms. The van der Waals surface area contributed by atoms with E-state index in [2.05, 4.69) is 0 Å². The van der Waals surface area contributed by atoms with Gasteiger partial charge in [0.15, 0.2) is 0 Å². The monoisotopic (exact) mass is 337 g/mol. The third kappa shape index (κ3) is 4.39. The molecular formula is C18H27NO5. The fourth-order valence-electron chi connectivity index (χ4n) is 3.31. The number of aliphatic hydroxyl groups is 2. The minimum atomic E-state index is -0.589. The van der Waals surface area contributed by atoms with Gasteiger partial charge < -0.3 is 25.0 Å². The predicted molar refractivity (Wildman–Crippen MR) is 89.8 cm³/mol. The van der Waals surface area contributed by atoms with Crippen LogP contribution in [0.25, 0.3) is 0 Å². The molecule has 0 aliphatic carbocycles. The summed E-state index contributed by atoms with van der Waals surface area (Å²) in [5.41, 5.74) is 0.351. The highest BCUT2D eigenvalue weighted by molar-refractivity contribution is 5.68. The van der Waals surface area contributed by atoms with Crippen molar-refractivity contribution >= 4 is 6.09 Å². The standard InChI is InChI=1S/C18H27NO5/c1-18(2,3)24-17(23)19-8-13(10-20)16(14(9-19)11-21)12-4-6-15(22)7-5-12/h4-7,13-14,16,20-22H,8-11H2,1-3H3/t13-,14+,16?. The maximum atomic E-state index is 12.3. The first-order valence-electron chi connectivity index (χ1n) is 8.23. The maximum absolute atomic E-state index is 12.3. The molecule has 3 atom stereocenters. The first-order valence-corrected chi connectivity index (χ1v) is 8.23. The zero-order chi connectivity index (χ0) is 17.9. The Morgan fingerprint density at radius 3 is 2.04 bits per heavy atom. The predicted octanol–water partition coefficient (Wildman–Crippen LogP) is 1.94. The number of aromatic hydroxyl groups is 1. The molecule has 134 valence electrons. The second-order valence-electron chi connectivity index (χ2n) is 7.39. The summed E-state index contributed by atoms with van der Waals surface area (Å²) < 4.78 is 5.41. The third-order valence-electron chi connectivity index (χ3n) is 4.32. The van der Waals surface area contributed by atoms with Crippen LogP contribution in [-0.4, -0.2) is 58.2 Å². The number of rotatable bonds is 3. The highest BCUT2D eigenvalue weighted by atomic mass is 16.6. The maximum Gasteiger partial charge on any atom is 0.410 e. The summed E-state index contributed by atoms with van der Waals surface area (Å²) in [5, 5.41) is 29.1. The number of nitrogens with zero attached hydrogens (tertiary/aromatic N) is 1. The van der Waals surface area contributed by atoms with Crippen molar-refractivity contribution in [2.24, 2.45) is 11.8 Å². The van der Waals surface area contributed by atoms with Gasteiger partial charge in [-0.3, -0.25) is 0 Å². The Kier molecular flexibility index (Phi) is 5.72. The Morgan fingerprint density at radius 1 is 1.12 bits per heavy atom. The average Bonchev–Trinajstić information content (AvgIpc) is 2.52. The largest absolute Gasteiger partial charge is 0.508 e. The van der Waals surface area contributed by atoms with Crippen LogP contribution in [0.5, 0.6) is 5.75 Å². The van der Waals surface area contributed by atoms with Crippen LogP contribution in [0.3, 0.4) is 0 Å². The van der Waals surface area contributed by atoms with E-state index in [0.29, 0.717) is 13.1 Å². The summed E-state index contributed by atoms with van der Waals surface area (Å²) in [6.07, 6.45) is -0.427. The SMILES string of the molecule is CC(C)(C)OC(=O)N1C[C@@H](CO)C(c2ccc(O)cc2)[C@@H](CO)C1. The van der Waals surface area contributed by atoms with E-state index in [0.717, 1.165) is 5.56 Å². The number of hydrogen-bond acceptors (Lipinski definition) is 5. The van der Waals surface area contributed by atoms with Crippen molar-refractivity contribution in [1.82, 2.24) is 4.90 Å². The van der Waals surface area contributed by atoms with Gasteiger partial charge in [0.2, 0.25) is 0 Å². The summed E-state index contributed by atoms with van der Waals surface area (Å²) in [6.45, 7) is 5.97. The van der Waals surface area contributed by atoms with Crippen molar-refractivity contribution in [2.45, 2.75) is 32.3 Å². The summed E-state index contributed by atoms with van der Waals surface area (Å²) in [6, 6.07) is 6.79. The van der Waals surface area contributed by atoms with Crippen LogP contribution in [0, 0.1) is 11.8 Å². The number of phenolic OH excluding ortho intramolecular Hbond substituents is 1. The van der Waals surface area contributed by atoms with Crippen LogP contribution >= 0.6 is 0 Å². The molecule has 1 aromatic rings. The quantitative estimate of drug-likeness (QED) is 0.784. The molecule has 0 radical (unpaired) electrons. The van der Waals surface area contributed by atoms with Gasteiger partial charge in [-0.15, -0.1) is 0 Å². The zero-order valence-corrected chi connectivity index (χ0v) is 14.5. The topological polar surface area (TPSA) is 90.2 Å². The van der Waals surface area contributed by atoms with E-state index >= 15 is 0 Å². The number of likely N-dealkylation sites (tertiary alicyclic amines) is 1. The highest BCUT2D eigenvalue weighted by Gasteiger charge is 2.40. The molecule has 1 saturated heterocycles. The molecule has 0 aromatic heterocycles. The Bertz CT molecular complexity index is 538. The van der Waals surface area contributed by atoms with Gasteiger partial charge in [0.05, 0.1) is 0 Å². The van der Waals surface area contributed by atoms with E-state index in [1.807, 2.05) is 0 Å². The van der Waals surface area contributed by atoms with Crippen molar-refractivity contribution < 1.29 is 24.9 Å². The van der Waals surface area contributed by atoms with E-state index < -0.39 is 11.7 Å². The number of aliphatic hydroxyl groups excluding tert-OH is 2. The molecular weight excluding hydrogens is 310 g/mol. The molecule has 3 N–H and O–H groups in total. The van der Waals surface area contributed by atoms with Crippen molar-refractivity contribution in [2.75, 3.05) is 26.3 Å². The summed E-state index contributed by atoms with van der Waals surface area (Å²) in [7, 11) is 0. The van der Waals surface area contributed by atoms with Gasteiger partial charge in [0, 0.05) is 38.1 Å². The van der Waals surface area contributed by atoms with Crippen LogP contribution in [0.4, 0.5) is 4.79 Å². The zero-order valence-electron chi connectivity index (χ0n) is 14.5. The van der Waals surface area contributed by atoms with Gasteiger partial charge in [0.25, 0.3) is 0 Å². The Hall–Kier alpha value is -1.79. The number of amides is 1. The molecule has 1 amide bonds. The van der Waals surface area contributed by atoms with Crippen molar-refractivity contribution in [3.63, 3.8) is 0 Å². The molecule has 1 fully saturated rings. The van der Waals surface area contributed by atoms with Gasteiger partial charge in [-0.25, -0.2) is 4.79 Å². The second-order valence-corrected chi connectivity index (χ2v) is 7.39. The van der Waals surface area contributed by atoms with Gasteiger partial charge in [0.1, 0.15) is 11.4 Å². The molecule has 6 heteroatoms. The van der Waals surface area contributed by atoms with Crippen LogP contribution in [0.15, 0.2) is 24.3 Å². The minimum absolute atomic E-state index is 0.0840. The van der Waals surface area contributed by atoms with Crippen molar-refractivity contribution in [3.05, 3.63) is 29.8 Å². The molecule has 1 aromatic carbocycles. The number of carbonyl (C=O) groups excluding carboxylic acids is 1. The molecule has 0 saturated carbocycles. The Labute approximate surface area is 142 Å². The molecule has 2 rings (SSSR count). The first kappa shape index (κ1) is 18.5. The molecule has 1 aliphatic heterocycles. The van der Waals surface area contributed by atoms with Crippen LogP contribution in [0.2, 0.25) is 0 Å². The lowest BCUT2D eigenvalue weighted by molar-refractivity contribution is -0.00746. The lowest BCUT2D eigenvalue weighted by Gasteiger charge is -2.43. The van der Waals surface area contributed by atoms with Crippen LogP contribution in [-0.2, 0) is 4.74 Å². The first-order chi connectivity index (χ1) is 11.2. The van der Waals surface area contributed by atoms with E-state index in [1.165, 1.54) is 0 Å². The van der Waals surface area contributed by atoms with Gasteiger partial charge in [-0.1, -0.05) is 12.1 Å². The highest BCUT2D eigenvalue weighted by Crippen LogP contribution is 2.38. The van der Waals surface area contributed by atoms with E-state index in [-0.39, 0.29) is 36.7 Å². The molecule has 6 nitrogen and oxygen atoms in total.